The number of rotatable bonds is 6. The number of benzene rings is 2. The van der Waals surface area contributed by atoms with E-state index in [1.54, 1.807) is 23.6 Å². The summed E-state index contributed by atoms with van der Waals surface area (Å²) in [5, 5.41) is 25.9. The zero-order valence-corrected chi connectivity index (χ0v) is 20.0. The molecule has 6 nitrogen and oxygen atoms in total. The van der Waals surface area contributed by atoms with E-state index in [0.29, 0.717) is 28.4 Å². The van der Waals surface area contributed by atoms with Gasteiger partial charge in [0.25, 0.3) is 11.4 Å². The average molecular weight is 463 g/mol. The van der Waals surface area contributed by atoms with Crippen molar-refractivity contribution < 1.29 is 14.6 Å². The molecule has 0 fully saturated rings. The molecular formula is C26H28N3O3S+. The Morgan fingerprint density at radius 2 is 1.73 bits per heavy atom. The van der Waals surface area contributed by atoms with Crippen LogP contribution in [-0.2, 0) is 12.0 Å². The number of hydrogen-bond acceptors (Lipinski definition) is 4. The van der Waals surface area contributed by atoms with Crippen molar-refractivity contribution in [3.8, 4) is 0 Å². The van der Waals surface area contributed by atoms with E-state index in [9.17, 15) is 15.2 Å². The Morgan fingerprint density at radius 1 is 1.09 bits per heavy atom. The molecule has 0 aliphatic heterocycles. The summed E-state index contributed by atoms with van der Waals surface area (Å²) in [7, 11) is 0. The molecule has 0 saturated heterocycles. The van der Waals surface area contributed by atoms with Crippen molar-refractivity contribution in [2.45, 2.75) is 39.7 Å². The zero-order chi connectivity index (χ0) is 24.2. The third kappa shape index (κ3) is 5.81. The molecule has 7 heteroatoms. The van der Waals surface area contributed by atoms with Gasteiger partial charge in [-0.3, -0.25) is 10.1 Å². The summed E-state index contributed by atoms with van der Waals surface area (Å²) in [6.45, 7) is 8.51. The second kappa shape index (κ2) is 9.92. The highest BCUT2D eigenvalue weighted by Gasteiger charge is 2.26. The van der Waals surface area contributed by atoms with Gasteiger partial charge in [-0.1, -0.05) is 75.5 Å². The molecule has 0 amide bonds. The van der Waals surface area contributed by atoms with Crippen LogP contribution in [0.4, 0.5) is 5.69 Å². The van der Waals surface area contributed by atoms with Crippen molar-refractivity contribution in [2.75, 3.05) is 0 Å². The molecule has 3 aromatic rings. The highest BCUT2D eigenvalue weighted by molar-refractivity contribution is 7.81. The van der Waals surface area contributed by atoms with Crippen LogP contribution >= 0.6 is 12.2 Å². The number of nitrogens with zero attached hydrogens (tertiary/aromatic N) is 2. The van der Waals surface area contributed by atoms with Gasteiger partial charge >= 0.3 is 0 Å². The summed E-state index contributed by atoms with van der Waals surface area (Å²) in [6.07, 6.45) is 3.68. The first-order valence-electron chi connectivity index (χ1n) is 10.6. The Morgan fingerprint density at radius 3 is 2.30 bits per heavy atom. The molecule has 170 valence electrons. The molecule has 2 N–H and O–H groups in total. The Bertz CT molecular complexity index is 1200. The Balaban J connectivity index is 2.07. The molecule has 0 saturated carbocycles. The number of aliphatic hydroxyl groups is 1. The lowest BCUT2D eigenvalue weighted by Gasteiger charge is -2.18. The van der Waals surface area contributed by atoms with Crippen molar-refractivity contribution in [3.05, 3.63) is 105 Å². The van der Waals surface area contributed by atoms with E-state index in [-0.39, 0.29) is 16.9 Å². The van der Waals surface area contributed by atoms with E-state index in [1.807, 2.05) is 54.9 Å². The van der Waals surface area contributed by atoms with Crippen LogP contribution in [-0.4, -0.2) is 15.0 Å². The minimum Gasteiger partial charge on any atom is -0.502 e. The fourth-order valence-electron chi connectivity index (χ4n) is 3.37. The van der Waals surface area contributed by atoms with Gasteiger partial charge < -0.3 is 10.4 Å². The maximum absolute atomic E-state index is 11.4. The molecule has 0 radical (unpaired) electrons. The molecule has 33 heavy (non-hydrogen) atoms. The summed E-state index contributed by atoms with van der Waals surface area (Å²) in [6, 6.07) is 18.4. The van der Waals surface area contributed by atoms with Crippen molar-refractivity contribution >= 4 is 34.3 Å². The van der Waals surface area contributed by atoms with Crippen LogP contribution in [0.3, 0.4) is 0 Å². The van der Waals surface area contributed by atoms with Crippen molar-refractivity contribution in [3.63, 3.8) is 0 Å². The van der Waals surface area contributed by atoms with Gasteiger partial charge in [-0.15, -0.1) is 0 Å². The highest BCUT2D eigenvalue weighted by atomic mass is 32.1. The lowest BCUT2D eigenvalue weighted by Crippen LogP contribution is -2.41. The summed E-state index contributed by atoms with van der Waals surface area (Å²) in [4.78, 5) is 11.3. The maximum Gasteiger partial charge on any atom is 0.288 e. The van der Waals surface area contributed by atoms with Crippen molar-refractivity contribution in [1.82, 2.24) is 5.32 Å². The lowest BCUT2D eigenvalue weighted by molar-refractivity contribution is -0.576. The molecular weight excluding hydrogens is 434 g/mol. The number of pyridine rings is 1. The van der Waals surface area contributed by atoms with E-state index in [2.05, 4.69) is 26.1 Å². The van der Waals surface area contributed by atoms with E-state index >= 15 is 0 Å². The van der Waals surface area contributed by atoms with Gasteiger partial charge in [0.05, 0.1) is 4.92 Å². The summed E-state index contributed by atoms with van der Waals surface area (Å²) in [5.74, 6) is -0.142. The second-order valence-corrected chi connectivity index (χ2v) is 9.28. The van der Waals surface area contributed by atoms with E-state index < -0.39 is 4.92 Å². The molecule has 0 atom stereocenters. The molecule has 0 spiro atoms. The van der Waals surface area contributed by atoms with E-state index in [0.717, 1.165) is 11.1 Å². The number of aryl methyl sites for hydroxylation is 1. The molecule has 0 bridgehead atoms. The third-order valence-corrected chi connectivity index (χ3v) is 5.71. The summed E-state index contributed by atoms with van der Waals surface area (Å²) >= 11 is 5.67. The van der Waals surface area contributed by atoms with E-state index in [1.165, 1.54) is 6.07 Å². The quantitative estimate of drug-likeness (QED) is 0.126. The third-order valence-electron chi connectivity index (χ3n) is 5.37. The monoisotopic (exact) mass is 462 g/mol. The van der Waals surface area contributed by atoms with Gasteiger partial charge in [-0.2, -0.15) is 4.57 Å². The van der Waals surface area contributed by atoms with Gasteiger partial charge in [0.1, 0.15) is 0 Å². The molecule has 1 heterocycles. The van der Waals surface area contributed by atoms with Crippen molar-refractivity contribution in [1.29, 1.82) is 0 Å². The Kier molecular flexibility index (Phi) is 7.23. The maximum atomic E-state index is 11.4. The molecule has 0 aliphatic carbocycles. The molecule has 0 aliphatic rings. The SMILES string of the molecule is Cc1ccc(/C(O)=C(/C(=S)NCc2ccccc2)[n+]2ccc(C(C)(C)C)cc2)cc1[N+](=O)[O-]. The van der Waals surface area contributed by atoms with Crippen LogP contribution in [0.25, 0.3) is 11.5 Å². The lowest BCUT2D eigenvalue weighted by atomic mass is 9.88. The Hall–Kier alpha value is -3.58. The fraction of sp³-hybridized carbons (Fsp3) is 0.231. The predicted molar refractivity (Wildman–Crippen MR) is 135 cm³/mol. The smallest absolute Gasteiger partial charge is 0.288 e. The molecule has 3 rings (SSSR count). The van der Waals surface area contributed by atoms with Gasteiger partial charge in [-0.25, -0.2) is 0 Å². The van der Waals surface area contributed by atoms with Crippen LogP contribution in [0.2, 0.25) is 0 Å². The number of thiocarbonyl (C=S) groups is 1. The second-order valence-electron chi connectivity index (χ2n) is 8.87. The van der Waals surface area contributed by atoms with Crippen LogP contribution in [0, 0.1) is 17.0 Å². The molecule has 0 unspecified atom stereocenters. The normalized spacial score (nSPS) is 12.1. The summed E-state index contributed by atoms with van der Waals surface area (Å²) < 4.78 is 1.73. The van der Waals surface area contributed by atoms with Crippen LogP contribution in [0.5, 0.6) is 0 Å². The standard InChI is InChI=1S/C26H27N3O3S/c1-18-10-11-20(16-22(18)29(31)32)24(30)23(25(33)27-17-19-8-6-5-7-9-19)28-14-12-21(13-15-28)26(2,3)4/h5-16H,17H2,1-4H3,(H-,27,30,33)/p+1. The van der Waals surface area contributed by atoms with Crippen molar-refractivity contribution in [2.24, 2.45) is 0 Å². The summed E-state index contributed by atoms with van der Waals surface area (Å²) in [5.41, 5.74) is 3.26. The largest absolute Gasteiger partial charge is 0.502 e. The number of aliphatic hydroxyl groups excluding tert-OH is 1. The minimum absolute atomic E-state index is 0.0331. The first-order chi connectivity index (χ1) is 15.6. The fourth-order valence-corrected chi connectivity index (χ4v) is 3.65. The first kappa shape index (κ1) is 24.1. The van der Waals surface area contributed by atoms with E-state index in [4.69, 9.17) is 12.2 Å². The Labute approximate surface area is 199 Å². The van der Waals surface area contributed by atoms with Gasteiger partial charge in [0, 0.05) is 35.9 Å². The molecule has 2 aromatic carbocycles. The van der Waals surface area contributed by atoms with Gasteiger partial charge in [0.2, 0.25) is 0 Å². The van der Waals surface area contributed by atoms with Gasteiger partial charge in [-0.05, 0) is 23.5 Å². The predicted octanol–water partition coefficient (Wildman–Crippen LogP) is 5.49. The number of nitro benzene ring substituents is 1. The van der Waals surface area contributed by atoms with Crippen LogP contribution in [0.15, 0.2) is 73.1 Å². The average Bonchev–Trinajstić information content (AvgIpc) is 2.78. The van der Waals surface area contributed by atoms with Crippen LogP contribution < -0.4 is 9.88 Å². The number of aromatic nitrogens is 1. The number of hydrogen-bond donors (Lipinski definition) is 2. The minimum atomic E-state index is -0.455. The molecule has 1 aromatic heterocycles. The van der Waals surface area contributed by atoms with Crippen LogP contribution in [0.1, 0.15) is 43.0 Å². The zero-order valence-electron chi connectivity index (χ0n) is 19.2. The first-order valence-corrected chi connectivity index (χ1v) is 11.0. The van der Waals surface area contributed by atoms with Gasteiger partial charge in [0.15, 0.2) is 23.1 Å². The number of nitrogens with one attached hydrogen (secondary N) is 1. The topological polar surface area (TPSA) is 79.3 Å². The number of nitro groups is 1. The highest BCUT2D eigenvalue weighted by Crippen LogP contribution is 2.26.